The summed E-state index contributed by atoms with van der Waals surface area (Å²) in [6.07, 6.45) is -0.878. The molecule has 0 saturated carbocycles. The number of hydrogen-bond acceptors (Lipinski definition) is 7. The molecule has 0 saturated heterocycles. The van der Waals surface area contributed by atoms with Gasteiger partial charge in [-0.25, -0.2) is 18.0 Å². The van der Waals surface area contributed by atoms with Gasteiger partial charge in [0.05, 0.1) is 17.8 Å². The molecule has 4 N–H and O–H groups in total. The molecule has 0 aliphatic heterocycles. The zero-order valence-electron chi connectivity index (χ0n) is 18.2. The summed E-state index contributed by atoms with van der Waals surface area (Å²) >= 11 is 0. The number of nitrogens with zero attached hydrogens (tertiary/aromatic N) is 5. The average Bonchev–Trinajstić information content (AvgIpc) is 3.15. The van der Waals surface area contributed by atoms with E-state index in [1.54, 1.807) is 31.2 Å². The van der Waals surface area contributed by atoms with E-state index in [1.165, 1.54) is 11.7 Å². The fourth-order valence-electron chi connectivity index (χ4n) is 3.56. The summed E-state index contributed by atoms with van der Waals surface area (Å²) < 4.78 is 47.9. The number of rotatable bonds is 5. The minimum atomic E-state index is -1.29. The molecule has 2 aromatic heterocycles. The summed E-state index contributed by atoms with van der Waals surface area (Å²) in [5.74, 6) is -3.55. The van der Waals surface area contributed by atoms with Crippen LogP contribution in [0.1, 0.15) is 18.2 Å². The molecule has 2 heterocycles. The number of hydrogen-bond donors (Lipinski definition) is 2. The molecule has 12 heteroatoms. The van der Waals surface area contributed by atoms with Crippen molar-refractivity contribution in [2.75, 3.05) is 30.0 Å². The molecule has 0 fully saturated rings. The van der Waals surface area contributed by atoms with E-state index >= 15 is 0 Å². The maximum atomic E-state index is 14.3. The Morgan fingerprint density at radius 3 is 2.47 bits per heavy atom. The molecule has 0 bridgehead atoms. The van der Waals surface area contributed by atoms with Gasteiger partial charge in [0.25, 0.3) is 5.95 Å². The Morgan fingerprint density at radius 2 is 1.79 bits per heavy atom. The third-order valence-corrected chi connectivity index (χ3v) is 5.08. The molecule has 0 spiro atoms. The van der Waals surface area contributed by atoms with Crippen LogP contribution in [0.4, 0.5) is 35.3 Å². The Bertz CT molecular complexity index is 1380. The molecular formula is C22H20F3N7O2. The lowest BCUT2D eigenvalue weighted by atomic mass is 10.1. The van der Waals surface area contributed by atoms with Crippen molar-refractivity contribution >= 4 is 34.3 Å². The summed E-state index contributed by atoms with van der Waals surface area (Å²) in [4.78, 5) is 21.6. The number of aromatic nitrogens is 4. The highest BCUT2D eigenvalue weighted by molar-refractivity contribution is 5.94. The Hall–Kier alpha value is -4.35. The molecule has 2 aromatic carbocycles. The quantitative estimate of drug-likeness (QED) is 0.426. The van der Waals surface area contributed by atoms with Gasteiger partial charge >= 0.3 is 6.09 Å². The number of nitrogen functional groups attached to an aromatic ring is 2. The number of ether oxygens (including phenoxy) is 1. The third kappa shape index (κ3) is 4.05. The summed E-state index contributed by atoms with van der Waals surface area (Å²) in [6.45, 7) is 1.81. The summed E-state index contributed by atoms with van der Waals surface area (Å²) in [7, 11) is 1.41. The molecule has 4 aromatic rings. The number of nitrogens with two attached hydrogens (primary N) is 2. The van der Waals surface area contributed by atoms with E-state index in [9.17, 15) is 18.0 Å². The maximum absolute atomic E-state index is 14.3. The van der Waals surface area contributed by atoms with Crippen LogP contribution in [0, 0.1) is 17.5 Å². The lowest BCUT2D eigenvalue weighted by Crippen LogP contribution is -2.29. The van der Waals surface area contributed by atoms with Gasteiger partial charge in [-0.1, -0.05) is 18.2 Å². The summed E-state index contributed by atoms with van der Waals surface area (Å²) in [5.41, 5.74) is 12.9. The highest BCUT2D eigenvalue weighted by Crippen LogP contribution is 2.30. The normalized spacial score (nSPS) is 11.1. The van der Waals surface area contributed by atoms with Crippen molar-refractivity contribution in [1.29, 1.82) is 0 Å². The second kappa shape index (κ2) is 8.89. The summed E-state index contributed by atoms with van der Waals surface area (Å²) in [5, 5.41) is 5.02. The standard InChI is InChI=1S/C22H20F3N7O2/c1-3-34-22(33)31(2)18-19(26)28-21(29-20(18)27)32-16-7-5-4-6-13(16)15(30-32)9-11-8-12(23)10-14(24)17(11)25/h4-8,10H,3,9H2,1-2H3,(H4,26,27,28,29). The van der Waals surface area contributed by atoms with Crippen molar-refractivity contribution < 1.29 is 22.7 Å². The number of fused-ring (bicyclic) bond motifs is 1. The molecule has 0 aliphatic carbocycles. The number of halogens is 3. The second-order valence-corrected chi connectivity index (χ2v) is 7.31. The van der Waals surface area contributed by atoms with Gasteiger partial charge in [0.15, 0.2) is 23.3 Å². The van der Waals surface area contributed by atoms with Gasteiger partial charge in [-0.15, -0.1) is 0 Å². The van der Waals surface area contributed by atoms with E-state index in [4.69, 9.17) is 16.2 Å². The van der Waals surface area contributed by atoms with E-state index in [0.717, 1.165) is 11.0 Å². The second-order valence-electron chi connectivity index (χ2n) is 7.31. The predicted molar refractivity (Wildman–Crippen MR) is 120 cm³/mol. The molecule has 4 rings (SSSR count). The van der Waals surface area contributed by atoms with Crippen LogP contribution in [-0.2, 0) is 11.2 Å². The fourth-order valence-corrected chi connectivity index (χ4v) is 3.56. The van der Waals surface area contributed by atoms with Crippen molar-refractivity contribution in [1.82, 2.24) is 19.7 Å². The van der Waals surface area contributed by atoms with Crippen molar-refractivity contribution in [2.45, 2.75) is 13.3 Å². The molecule has 0 aliphatic rings. The fraction of sp³-hybridized carbons (Fsp3) is 0.182. The van der Waals surface area contributed by atoms with Crippen LogP contribution in [-0.4, -0.2) is 39.5 Å². The SMILES string of the molecule is CCOC(=O)N(C)c1c(N)nc(-n2nc(Cc3cc(F)cc(F)c3F)c3ccccc32)nc1N. The lowest BCUT2D eigenvalue weighted by molar-refractivity contribution is 0.161. The Labute approximate surface area is 191 Å². The Morgan fingerprint density at radius 1 is 1.12 bits per heavy atom. The minimum absolute atomic E-state index is 0.00986. The largest absolute Gasteiger partial charge is 0.449 e. The first kappa shape index (κ1) is 22.8. The first-order valence-corrected chi connectivity index (χ1v) is 10.1. The van der Waals surface area contributed by atoms with Gasteiger partial charge in [-0.2, -0.15) is 19.7 Å². The maximum Gasteiger partial charge on any atom is 0.414 e. The van der Waals surface area contributed by atoms with Gasteiger partial charge in [0.2, 0.25) is 0 Å². The minimum Gasteiger partial charge on any atom is -0.449 e. The molecule has 34 heavy (non-hydrogen) atoms. The molecular weight excluding hydrogens is 451 g/mol. The van der Waals surface area contributed by atoms with Crippen molar-refractivity contribution in [3.05, 3.63) is 65.1 Å². The van der Waals surface area contributed by atoms with Crippen molar-refractivity contribution in [3.8, 4) is 5.95 Å². The number of amides is 1. The molecule has 176 valence electrons. The monoisotopic (exact) mass is 471 g/mol. The predicted octanol–water partition coefficient (Wildman–Crippen LogP) is 3.58. The van der Waals surface area contributed by atoms with E-state index in [-0.39, 0.29) is 41.9 Å². The number of carbonyl (C=O) groups is 1. The zero-order chi connectivity index (χ0) is 24.6. The van der Waals surface area contributed by atoms with Crippen LogP contribution < -0.4 is 16.4 Å². The van der Waals surface area contributed by atoms with E-state index in [2.05, 4.69) is 15.1 Å². The van der Waals surface area contributed by atoms with E-state index in [0.29, 0.717) is 22.7 Å². The van der Waals surface area contributed by atoms with E-state index in [1.807, 2.05) is 0 Å². The van der Waals surface area contributed by atoms with E-state index < -0.39 is 23.5 Å². The molecule has 1 amide bonds. The number of carbonyl (C=O) groups excluding carboxylic acids is 1. The number of benzene rings is 2. The van der Waals surface area contributed by atoms with Crippen molar-refractivity contribution in [2.24, 2.45) is 0 Å². The zero-order valence-corrected chi connectivity index (χ0v) is 18.2. The topological polar surface area (TPSA) is 125 Å². The van der Waals surface area contributed by atoms with Crippen LogP contribution in [0.2, 0.25) is 0 Å². The van der Waals surface area contributed by atoms with Crippen LogP contribution >= 0.6 is 0 Å². The molecule has 9 nitrogen and oxygen atoms in total. The highest BCUT2D eigenvalue weighted by Gasteiger charge is 2.23. The van der Waals surface area contributed by atoms with Gasteiger partial charge in [0.1, 0.15) is 11.5 Å². The Balaban J connectivity index is 1.80. The smallest absolute Gasteiger partial charge is 0.414 e. The summed E-state index contributed by atoms with van der Waals surface area (Å²) in [6, 6.07) is 8.30. The molecule has 0 radical (unpaired) electrons. The third-order valence-electron chi connectivity index (χ3n) is 5.08. The van der Waals surface area contributed by atoms with Crippen molar-refractivity contribution in [3.63, 3.8) is 0 Å². The number of para-hydroxylation sites is 1. The van der Waals surface area contributed by atoms with Crippen LogP contribution in [0.3, 0.4) is 0 Å². The first-order chi connectivity index (χ1) is 16.2. The first-order valence-electron chi connectivity index (χ1n) is 10.1. The van der Waals surface area contributed by atoms with Crippen LogP contribution in [0.5, 0.6) is 0 Å². The molecule has 0 atom stereocenters. The molecule has 0 unspecified atom stereocenters. The van der Waals surface area contributed by atoms with Gasteiger partial charge in [-0.05, 0) is 24.6 Å². The van der Waals surface area contributed by atoms with Crippen LogP contribution in [0.25, 0.3) is 16.9 Å². The van der Waals surface area contributed by atoms with Crippen LogP contribution in [0.15, 0.2) is 36.4 Å². The average molecular weight is 471 g/mol. The van der Waals surface area contributed by atoms with Gasteiger partial charge in [-0.3, -0.25) is 4.90 Å². The van der Waals surface area contributed by atoms with Gasteiger partial charge < -0.3 is 16.2 Å². The Kier molecular flexibility index (Phi) is 5.97. The highest BCUT2D eigenvalue weighted by atomic mass is 19.2. The van der Waals surface area contributed by atoms with Gasteiger partial charge in [0, 0.05) is 24.9 Å². The number of anilines is 3. The lowest BCUT2D eigenvalue weighted by Gasteiger charge is -2.19.